The number of nitrogens with zero attached hydrogens (tertiary/aromatic N) is 1. The summed E-state index contributed by atoms with van der Waals surface area (Å²) in [4.78, 5) is 2.02. The van der Waals surface area contributed by atoms with Crippen LogP contribution in [0.25, 0.3) is 0 Å². The molecule has 0 radical (unpaired) electrons. The minimum absolute atomic E-state index is 0.0409. The van der Waals surface area contributed by atoms with Gasteiger partial charge in [-0.15, -0.1) is 4.73 Å². The monoisotopic (exact) mass is 227 g/mol. The number of ether oxygens (including phenoxy) is 1. The van der Waals surface area contributed by atoms with Crippen LogP contribution < -0.4 is 0 Å². The average Bonchev–Trinajstić information content (AvgIpc) is 2.11. The molecule has 0 aromatic carbocycles. The molecule has 0 N–H and O–H groups in total. The lowest BCUT2D eigenvalue weighted by atomic mass is 10.3. The maximum absolute atomic E-state index is 11.7. The Labute approximate surface area is 84.7 Å². The van der Waals surface area contributed by atoms with Crippen molar-refractivity contribution in [2.75, 3.05) is 33.7 Å². The van der Waals surface area contributed by atoms with E-state index in [1.807, 2.05) is 25.9 Å². The quantitative estimate of drug-likeness (QED) is 0.624. The smallest absolute Gasteiger partial charge is 0.262 e. The number of hydrogen-bond donors (Lipinski definition) is 0. The molecule has 0 aromatic heterocycles. The fourth-order valence-corrected chi connectivity index (χ4v) is 1.37. The van der Waals surface area contributed by atoms with Crippen molar-refractivity contribution in [3.8, 4) is 0 Å². The third kappa shape index (κ3) is 7.44. The molecule has 6 heteroatoms. The van der Waals surface area contributed by atoms with Crippen LogP contribution in [0.5, 0.6) is 0 Å². The summed E-state index contributed by atoms with van der Waals surface area (Å²) in [5, 5.41) is 0. The minimum Gasteiger partial charge on any atom is -0.368 e. The van der Waals surface area contributed by atoms with E-state index in [-0.39, 0.29) is 12.5 Å². The zero-order chi connectivity index (χ0) is 11.2. The minimum atomic E-state index is -3.18. The van der Waals surface area contributed by atoms with Gasteiger partial charge >= 0.3 is 0 Å². The highest BCUT2D eigenvalue weighted by molar-refractivity contribution is 7.57. The van der Waals surface area contributed by atoms with Crippen molar-refractivity contribution in [1.82, 2.24) is 4.90 Å². The van der Waals surface area contributed by atoms with Gasteiger partial charge in [0.05, 0.1) is 6.10 Å². The van der Waals surface area contributed by atoms with Gasteiger partial charge in [0.25, 0.3) is 7.37 Å². The van der Waals surface area contributed by atoms with Crippen molar-refractivity contribution in [3.05, 3.63) is 0 Å². The van der Waals surface area contributed by atoms with Crippen LogP contribution >= 0.6 is 7.37 Å². The molecule has 0 spiro atoms. The number of halogens is 1. The molecular formula is C8H19FNO3P. The maximum Gasteiger partial charge on any atom is 0.262 e. The second-order valence-electron chi connectivity index (χ2n) is 3.78. The van der Waals surface area contributed by atoms with Crippen LogP contribution in [0.4, 0.5) is 4.53 Å². The lowest BCUT2D eigenvalue weighted by Crippen LogP contribution is -2.20. The van der Waals surface area contributed by atoms with Gasteiger partial charge < -0.3 is 9.64 Å². The normalized spacial score (nSPS) is 18.1. The topological polar surface area (TPSA) is 38.8 Å². The summed E-state index contributed by atoms with van der Waals surface area (Å²) < 4.78 is 31.3. The summed E-state index contributed by atoms with van der Waals surface area (Å²) in [5.41, 5.74) is 0. The van der Waals surface area contributed by atoms with Crippen molar-refractivity contribution < 1.29 is 18.6 Å². The van der Waals surface area contributed by atoms with Crippen LogP contribution in [0.3, 0.4) is 0 Å². The van der Waals surface area contributed by atoms with Gasteiger partial charge in [-0.3, -0.25) is 4.57 Å². The Hall–Kier alpha value is 0.0400. The molecule has 4 nitrogen and oxygen atoms in total. The predicted molar refractivity (Wildman–Crippen MR) is 54.3 cm³/mol. The lowest BCUT2D eigenvalue weighted by Gasteiger charge is -2.17. The third-order valence-electron chi connectivity index (χ3n) is 1.72. The molecule has 0 aliphatic heterocycles. The summed E-state index contributed by atoms with van der Waals surface area (Å²) in [7, 11) is 0.744. The average molecular weight is 227 g/mol. The standard InChI is InChI=1S/C8H19FNO3P/c1-8(5-6-10(2)3)12-7-14(4,11)13-9/h8H,5-7H2,1-4H3. The van der Waals surface area contributed by atoms with E-state index >= 15 is 0 Å². The highest BCUT2D eigenvalue weighted by Crippen LogP contribution is 2.42. The molecule has 2 atom stereocenters. The number of rotatable bonds is 7. The first-order valence-electron chi connectivity index (χ1n) is 4.50. The molecule has 86 valence electrons. The van der Waals surface area contributed by atoms with Gasteiger partial charge in [0.2, 0.25) is 0 Å². The van der Waals surface area contributed by atoms with Crippen LogP contribution in [0.2, 0.25) is 0 Å². The molecule has 0 amide bonds. The first-order chi connectivity index (χ1) is 6.37. The molecule has 0 bridgehead atoms. The Balaban J connectivity index is 3.63. The van der Waals surface area contributed by atoms with Gasteiger partial charge in [-0.1, -0.05) is 0 Å². The summed E-state index contributed by atoms with van der Waals surface area (Å²) in [6, 6.07) is 0. The second-order valence-corrected chi connectivity index (χ2v) is 6.21. The number of hydrogen-bond acceptors (Lipinski definition) is 4. The van der Waals surface area contributed by atoms with E-state index in [0.717, 1.165) is 13.0 Å². The summed E-state index contributed by atoms with van der Waals surface area (Å²) in [6.45, 7) is 3.96. The third-order valence-corrected chi connectivity index (χ3v) is 2.63. The molecule has 0 saturated heterocycles. The van der Waals surface area contributed by atoms with Crippen molar-refractivity contribution in [3.63, 3.8) is 0 Å². The van der Waals surface area contributed by atoms with Crippen molar-refractivity contribution in [1.29, 1.82) is 0 Å². The van der Waals surface area contributed by atoms with Crippen LogP contribution in [0.15, 0.2) is 0 Å². The molecule has 0 aliphatic carbocycles. The van der Waals surface area contributed by atoms with Gasteiger partial charge in [-0.2, -0.15) is 0 Å². The molecule has 0 rings (SSSR count). The second kappa shape index (κ2) is 6.51. The van der Waals surface area contributed by atoms with E-state index < -0.39 is 7.37 Å². The Bertz CT molecular complexity index is 201. The van der Waals surface area contributed by atoms with E-state index in [9.17, 15) is 9.09 Å². The van der Waals surface area contributed by atoms with E-state index in [4.69, 9.17) is 4.74 Å². The Morgan fingerprint density at radius 3 is 2.50 bits per heavy atom. The molecule has 14 heavy (non-hydrogen) atoms. The van der Waals surface area contributed by atoms with Crippen LogP contribution in [-0.4, -0.2) is 44.7 Å². The summed E-state index contributed by atoms with van der Waals surface area (Å²) in [6.07, 6.45) is 0.609. The van der Waals surface area contributed by atoms with E-state index in [1.54, 1.807) is 0 Å². The van der Waals surface area contributed by atoms with Gasteiger partial charge in [0, 0.05) is 6.66 Å². The van der Waals surface area contributed by atoms with E-state index in [0.29, 0.717) is 0 Å². The fourth-order valence-electron chi connectivity index (χ4n) is 0.806. The SMILES string of the molecule is CC(CCN(C)C)OCP(C)(=O)OF. The van der Waals surface area contributed by atoms with E-state index in [1.165, 1.54) is 6.66 Å². The molecule has 0 saturated carbocycles. The first kappa shape index (κ1) is 14.0. The van der Waals surface area contributed by atoms with Gasteiger partial charge in [-0.05, 0) is 38.5 Å². The van der Waals surface area contributed by atoms with Gasteiger partial charge in [0.15, 0.2) is 0 Å². The highest BCUT2D eigenvalue weighted by atomic mass is 31.2. The molecule has 2 unspecified atom stereocenters. The van der Waals surface area contributed by atoms with Crippen molar-refractivity contribution in [2.45, 2.75) is 19.4 Å². The van der Waals surface area contributed by atoms with Crippen molar-refractivity contribution in [2.24, 2.45) is 0 Å². The summed E-state index contributed by atoms with van der Waals surface area (Å²) >= 11 is 0. The molecule has 0 aliphatic rings. The largest absolute Gasteiger partial charge is 0.368 e. The molecule has 0 heterocycles. The molecule has 0 fully saturated rings. The predicted octanol–water partition coefficient (Wildman–Crippen LogP) is 2.11. The van der Waals surface area contributed by atoms with Crippen LogP contribution in [0, 0.1) is 0 Å². The van der Waals surface area contributed by atoms with Crippen LogP contribution in [-0.2, 0) is 14.0 Å². The van der Waals surface area contributed by atoms with E-state index in [2.05, 4.69) is 4.73 Å². The van der Waals surface area contributed by atoms with Crippen molar-refractivity contribution >= 4 is 7.37 Å². The van der Waals surface area contributed by atoms with Gasteiger partial charge in [-0.25, -0.2) is 0 Å². The lowest BCUT2D eigenvalue weighted by molar-refractivity contribution is -0.0134. The Kier molecular flexibility index (Phi) is 6.53. The molecular weight excluding hydrogens is 208 g/mol. The zero-order valence-corrected chi connectivity index (χ0v) is 10.1. The van der Waals surface area contributed by atoms with Gasteiger partial charge in [0.1, 0.15) is 6.35 Å². The maximum atomic E-state index is 11.7. The fraction of sp³-hybridized carbons (Fsp3) is 1.00. The first-order valence-corrected chi connectivity index (χ1v) is 6.76. The summed E-state index contributed by atoms with van der Waals surface area (Å²) in [5.74, 6) is 0. The zero-order valence-electron chi connectivity index (χ0n) is 9.20. The highest BCUT2D eigenvalue weighted by Gasteiger charge is 2.18. The van der Waals surface area contributed by atoms with Crippen LogP contribution in [0.1, 0.15) is 13.3 Å². The Morgan fingerprint density at radius 1 is 1.50 bits per heavy atom. The molecule has 0 aromatic rings. The Morgan fingerprint density at radius 2 is 2.07 bits per heavy atom.